The highest BCUT2D eigenvalue weighted by molar-refractivity contribution is 4.52. The van der Waals surface area contributed by atoms with Gasteiger partial charge in [0.15, 0.2) is 0 Å². The first-order valence-corrected chi connectivity index (χ1v) is 15.2. The number of unbranched alkanes of at least 4 members (excludes halogenated alkanes) is 25. The van der Waals surface area contributed by atoms with Crippen molar-refractivity contribution in [3.05, 3.63) is 0 Å². The SMILES string of the molecule is CCCCCCCCCCCCCCCCCCCCCCCCCCCCNCCO. The van der Waals surface area contributed by atoms with Crippen molar-refractivity contribution in [3.63, 3.8) is 0 Å². The molecule has 0 aromatic rings. The van der Waals surface area contributed by atoms with Gasteiger partial charge in [0.05, 0.1) is 6.61 Å². The number of hydrogen-bond donors (Lipinski definition) is 2. The molecular formula is C30H63NO. The van der Waals surface area contributed by atoms with Crippen LogP contribution < -0.4 is 5.32 Å². The van der Waals surface area contributed by atoms with Crippen molar-refractivity contribution in [1.82, 2.24) is 5.32 Å². The zero-order chi connectivity index (χ0) is 23.2. The molecule has 0 spiro atoms. The van der Waals surface area contributed by atoms with Gasteiger partial charge in [-0.05, 0) is 13.0 Å². The summed E-state index contributed by atoms with van der Waals surface area (Å²) in [4.78, 5) is 0. The van der Waals surface area contributed by atoms with Crippen LogP contribution in [0, 0.1) is 0 Å². The van der Waals surface area contributed by atoms with Crippen LogP contribution in [0.3, 0.4) is 0 Å². The van der Waals surface area contributed by atoms with Gasteiger partial charge in [0, 0.05) is 6.54 Å². The van der Waals surface area contributed by atoms with Gasteiger partial charge in [0.25, 0.3) is 0 Å². The summed E-state index contributed by atoms with van der Waals surface area (Å²) in [7, 11) is 0. The molecule has 0 amide bonds. The van der Waals surface area contributed by atoms with E-state index in [0.29, 0.717) is 0 Å². The van der Waals surface area contributed by atoms with E-state index in [1.807, 2.05) is 0 Å². The zero-order valence-corrected chi connectivity index (χ0v) is 22.5. The van der Waals surface area contributed by atoms with Crippen LogP contribution in [0.5, 0.6) is 0 Å². The third kappa shape index (κ3) is 29.9. The van der Waals surface area contributed by atoms with Crippen LogP contribution in [-0.2, 0) is 0 Å². The van der Waals surface area contributed by atoms with Crippen molar-refractivity contribution in [2.45, 2.75) is 174 Å². The van der Waals surface area contributed by atoms with E-state index in [1.54, 1.807) is 0 Å². The Balaban J connectivity index is 2.98. The van der Waals surface area contributed by atoms with Gasteiger partial charge in [-0.25, -0.2) is 0 Å². The maximum Gasteiger partial charge on any atom is 0.0555 e. The summed E-state index contributed by atoms with van der Waals surface area (Å²) in [5, 5.41) is 12.0. The van der Waals surface area contributed by atoms with Crippen LogP contribution in [0.4, 0.5) is 0 Å². The van der Waals surface area contributed by atoms with E-state index in [0.717, 1.165) is 13.1 Å². The molecule has 0 fully saturated rings. The molecule has 2 nitrogen and oxygen atoms in total. The first kappa shape index (κ1) is 31.9. The molecule has 0 atom stereocenters. The van der Waals surface area contributed by atoms with Crippen LogP contribution in [-0.4, -0.2) is 24.8 Å². The Kier molecular flexibility index (Phi) is 30.8. The van der Waals surface area contributed by atoms with E-state index in [-0.39, 0.29) is 6.61 Å². The van der Waals surface area contributed by atoms with Gasteiger partial charge in [-0.15, -0.1) is 0 Å². The second-order valence-corrected chi connectivity index (χ2v) is 10.3. The molecule has 2 N–H and O–H groups in total. The number of aliphatic hydroxyl groups is 1. The Morgan fingerprint density at radius 3 is 0.844 bits per heavy atom. The minimum atomic E-state index is 0.263. The maximum absolute atomic E-state index is 8.70. The monoisotopic (exact) mass is 453 g/mol. The molecule has 0 aromatic carbocycles. The highest BCUT2D eigenvalue weighted by Crippen LogP contribution is 2.15. The van der Waals surface area contributed by atoms with Gasteiger partial charge < -0.3 is 10.4 Å². The van der Waals surface area contributed by atoms with E-state index in [1.165, 1.54) is 167 Å². The van der Waals surface area contributed by atoms with Gasteiger partial charge >= 0.3 is 0 Å². The predicted octanol–water partition coefficient (Wildman–Crippen LogP) is 9.73. The van der Waals surface area contributed by atoms with Crippen LogP contribution in [0.2, 0.25) is 0 Å². The third-order valence-electron chi connectivity index (χ3n) is 7.00. The number of aliphatic hydroxyl groups excluding tert-OH is 1. The van der Waals surface area contributed by atoms with Crippen LogP contribution in [0.15, 0.2) is 0 Å². The molecule has 32 heavy (non-hydrogen) atoms. The van der Waals surface area contributed by atoms with E-state index in [4.69, 9.17) is 5.11 Å². The minimum Gasteiger partial charge on any atom is -0.395 e. The first-order chi connectivity index (χ1) is 15.9. The molecule has 0 saturated heterocycles. The molecule has 0 saturated carbocycles. The van der Waals surface area contributed by atoms with Crippen molar-refractivity contribution < 1.29 is 5.11 Å². The lowest BCUT2D eigenvalue weighted by molar-refractivity contribution is 0.292. The minimum absolute atomic E-state index is 0.263. The Bertz CT molecular complexity index is 277. The Morgan fingerprint density at radius 2 is 0.594 bits per heavy atom. The summed E-state index contributed by atoms with van der Waals surface area (Å²) in [6.45, 7) is 4.38. The third-order valence-corrected chi connectivity index (χ3v) is 7.00. The van der Waals surface area contributed by atoms with Crippen molar-refractivity contribution in [1.29, 1.82) is 0 Å². The summed E-state index contributed by atoms with van der Waals surface area (Å²) in [6, 6.07) is 0. The largest absolute Gasteiger partial charge is 0.395 e. The second kappa shape index (κ2) is 30.9. The number of rotatable bonds is 29. The number of hydrogen-bond acceptors (Lipinski definition) is 2. The maximum atomic E-state index is 8.70. The Morgan fingerprint density at radius 1 is 0.344 bits per heavy atom. The van der Waals surface area contributed by atoms with Gasteiger partial charge in [0.2, 0.25) is 0 Å². The lowest BCUT2D eigenvalue weighted by Gasteiger charge is -2.05. The standard InChI is InChI=1S/C30H63NO/c1-2-3-4-5-6-7-8-9-10-11-12-13-14-15-16-17-18-19-20-21-22-23-24-25-26-27-28-31-29-30-32/h31-32H,2-30H2,1H3. The van der Waals surface area contributed by atoms with Gasteiger partial charge in [-0.1, -0.05) is 167 Å². The molecule has 0 heterocycles. The molecule has 0 aliphatic carbocycles. The Hall–Kier alpha value is -0.0800. The average molecular weight is 454 g/mol. The molecule has 0 aromatic heterocycles. The zero-order valence-electron chi connectivity index (χ0n) is 22.5. The fourth-order valence-electron chi connectivity index (χ4n) is 4.77. The molecule has 0 unspecified atom stereocenters. The van der Waals surface area contributed by atoms with Crippen molar-refractivity contribution >= 4 is 0 Å². The molecule has 0 bridgehead atoms. The lowest BCUT2D eigenvalue weighted by Crippen LogP contribution is -2.19. The van der Waals surface area contributed by atoms with Gasteiger partial charge in [0.1, 0.15) is 0 Å². The molecule has 0 radical (unpaired) electrons. The van der Waals surface area contributed by atoms with Crippen molar-refractivity contribution in [2.24, 2.45) is 0 Å². The quantitative estimate of drug-likeness (QED) is 0.110. The molecular weight excluding hydrogens is 390 g/mol. The topological polar surface area (TPSA) is 32.3 Å². The summed E-state index contributed by atoms with van der Waals surface area (Å²) in [6.07, 6.45) is 37.7. The van der Waals surface area contributed by atoms with Gasteiger partial charge in [-0.3, -0.25) is 0 Å². The van der Waals surface area contributed by atoms with E-state index < -0.39 is 0 Å². The van der Waals surface area contributed by atoms with Crippen LogP contribution in [0.25, 0.3) is 0 Å². The molecule has 0 aliphatic heterocycles. The van der Waals surface area contributed by atoms with E-state index in [9.17, 15) is 0 Å². The Labute approximate surface area is 204 Å². The summed E-state index contributed by atoms with van der Waals surface area (Å²) in [5.41, 5.74) is 0. The predicted molar refractivity (Wildman–Crippen MR) is 146 cm³/mol. The fourth-order valence-corrected chi connectivity index (χ4v) is 4.77. The summed E-state index contributed by atoms with van der Waals surface area (Å²) < 4.78 is 0. The molecule has 0 aliphatic rings. The first-order valence-electron chi connectivity index (χ1n) is 15.2. The fraction of sp³-hybridized carbons (Fsp3) is 1.00. The molecule has 0 rings (SSSR count). The smallest absolute Gasteiger partial charge is 0.0555 e. The van der Waals surface area contributed by atoms with Crippen molar-refractivity contribution in [3.8, 4) is 0 Å². The van der Waals surface area contributed by atoms with Crippen LogP contribution in [0.1, 0.15) is 174 Å². The molecule has 194 valence electrons. The summed E-state index contributed by atoms with van der Waals surface area (Å²) in [5.74, 6) is 0. The van der Waals surface area contributed by atoms with Crippen molar-refractivity contribution in [2.75, 3.05) is 19.7 Å². The normalized spacial score (nSPS) is 11.4. The second-order valence-electron chi connectivity index (χ2n) is 10.3. The highest BCUT2D eigenvalue weighted by atomic mass is 16.3. The average Bonchev–Trinajstić information content (AvgIpc) is 2.81. The van der Waals surface area contributed by atoms with E-state index in [2.05, 4.69) is 12.2 Å². The highest BCUT2D eigenvalue weighted by Gasteiger charge is 1.96. The summed E-state index contributed by atoms with van der Waals surface area (Å²) >= 11 is 0. The van der Waals surface area contributed by atoms with Gasteiger partial charge in [-0.2, -0.15) is 0 Å². The molecule has 2 heteroatoms. The lowest BCUT2D eigenvalue weighted by atomic mass is 10.0. The van der Waals surface area contributed by atoms with E-state index >= 15 is 0 Å². The number of nitrogens with one attached hydrogen (secondary N) is 1. The van der Waals surface area contributed by atoms with Crippen LogP contribution >= 0.6 is 0 Å².